The molecule has 0 atom stereocenters. The zero-order valence-corrected chi connectivity index (χ0v) is 8.54. The molecular formula is C13H14O. The quantitative estimate of drug-likeness (QED) is 0.723. The molecule has 0 bridgehead atoms. The lowest BCUT2D eigenvalue weighted by Gasteiger charge is -2.07. The maximum Gasteiger partial charge on any atom is 0.123 e. The molecule has 0 fully saturated rings. The van der Waals surface area contributed by atoms with Crippen molar-refractivity contribution in [3.05, 3.63) is 41.5 Å². The number of fused-ring (bicyclic) bond motifs is 1. The van der Waals surface area contributed by atoms with Crippen LogP contribution in [0.25, 0.3) is 10.8 Å². The normalized spacial score (nSPS) is 10.7. The molecule has 2 rings (SSSR count). The van der Waals surface area contributed by atoms with Gasteiger partial charge >= 0.3 is 0 Å². The van der Waals surface area contributed by atoms with Crippen LogP contribution >= 0.6 is 0 Å². The third-order valence-corrected chi connectivity index (χ3v) is 2.69. The Morgan fingerprint density at radius 1 is 1.21 bits per heavy atom. The summed E-state index contributed by atoms with van der Waals surface area (Å²) in [5.74, 6) is 0.369. The Bertz CT molecular complexity index is 472. The second-order valence-electron chi connectivity index (χ2n) is 3.63. The van der Waals surface area contributed by atoms with E-state index >= 15 is 0 Å². The Kier molecular flexibility index (Phi) is 2.16. The summed E-state index contributed by atoms with van der Waals surface area (Å²) in [5, 5.41) is 11.7. The van der Waals surface area contributed by atoms with Crippen LogP contribution in [-0.4, -0.2) is 5.11 Å². The molecule has 0 radical (unpaired) electrons. The Labute approximate surface area is 84.0 Å². The number of phenolic OH excluding ortho intramolecular Hbond substituents is 1. The Hall–Kier alpha value is -1.50. The van der Waals surface area contributed by atoms with Crippen molar-refractivity contribution >= 4 is 10.8 Å². The van der Waals surface area contributed by atoms with E-state index in [0.717, 1.165) is 17.2 Å². The first-order chi connectivity index (χ1) is 6.72. The first-order valence-electron chi connectivity index (χ1n) is 4.93. The number of phenols is 1. The summed E-state index contributed by atoms with van der Waals surface area (Å²) in [4.78, 5) is 0. The molecule has 1 nitrogen and oxygen atoms in total. The van der Waals surface area contributed by atoms with Crippen LogP contribution in [0.3, 0.4) is 0 Å². The average Bonchev–Trinajstić information content (AvgIpc) is 2.19. The second kappa shape index (κ2) is 3.33. The Morgan fingerprint density at radius 3 is 2.71 bits per heavy atom. The van der Waals surface area contributed by atoms with E-state index < -0.39 is 0 Å². The highest BCUT2D eigenvalue weighted by atomic mass is 16.3. The molecule has 0 heterocycles. The molecule has 2 aromatic rings. The summed E-state index contributed by atoms with van der Waals surface area (Å²) in [5.41, 5.74) is 2.60. The lowest BCUT2D eigenvalue weighted by Crippen LogP contribution is -1.86. The van der Waals surface area contributed by atoms with Crippen LogP contribution in [0, 0.1) is 6.92 Å². The number of benzene rings is 2. The predicted molar refractivity (Wildman–Crippen MR) is 59.7 cm³/mol. The van der Waals surface area contributed by atoms with E-state index in [1.54, 1.807) is 6.07 Å². The third-order valence-electron chi connectivity index (χ3n) is 2.69. The molecule has 0 amide bonds. The van der Waals surface area contributed by atoms with Crippen molar-refractivity contribution in [1.82, 2.24) is 0 Å². The fourth-order valence-electron chi connectivity index (χ4n) is 1.85. The van der Waals surface area contributed by atoms with Gasteiger partial charge in [-0.25, -0.2) is 0 Å². The number of rotatable bonds is 1. The molecule has 14 heavy (non-hydrogen) atoms. The summed E-state index contributed by atoms with van der Waals surface area (Å²) < 4.78 is 0. The van der Waals surface area contributed by atoms with Gasteiger partial charge in [-0.2, -0.15) is 0 Å². The summed E-state index contributed by atoms with van der Waals surface area (Å²) in [6.07, 6.45) is 1.04. The molecule has 0 saturated heterocycles. The largest absolute Gasteiger partial charge is 0.507 e. The number of aromatic hydroxyl groups is 1. The first-order valence-corrected chi connectivity index (χ1v) is 4.93. The summed E-state index contributed by atoms with van der Waals surface area (Å²) in [6.45, 7) is 4.24. The lowest BCUT2D eigenvalue weighted by molar-refractivity contribution is 0.481. The van der Waals surface area contributed by atoms with Gasteiger partial charge in [0.25, 0.3) is 0 Å². The first kappa shape index (κ1) is 9.07. The van der Waals surface area contributed by atoms with Crippen molar-refractivity contribution in [2.45, 2.75) is 20.3 Å². The molecule has 0 aromatic heterocycles. The maximum absolute atomic E-state index is 9.66. The van der Waals surface area contributed by atoms with E-state index in [4.69, 9.17) is 0 Å². The van der Waals surface area contributed by atoms with Crippen molar-refractivity contribution in [3.8, 4) is 5.75 Å². The van der Waals surface area contributed by atoms with E-state index in [1.807, 2.05) is 12.1 Å². The highest BCUT2D eigenvalue weighted by Gasteiger charge is 2.02. The number of hydrogen-bond donors (Lipinski definition) is 1. The highest BCUT2D eigenvalue weighted by molar-refractivity contribution is 5.89. The van der Waals surface area contributed by atoms with Crippen LogP contribution < -0.4 is 0 Å². The lowest BCUT2D eigenvalue weighted by atomic mass is 10.00. The standard InChI is InChI=1S/C13H14O/c1-3-10-8-11-5-4-6-13(14)12(11)7-9(10)2/h4-8,14H,3H2,1-2H3. The molecule has 0 aliphatic carbocycles. The van der Waals surface area contributed by atoms with Crippen molar-refractivity contribution in [2.75, 3.05) is 0 Å². The molecule has 2 aromatic carbocycles. The molecule has 0 aliphatic heterocycles. The molecule has 0 aliphatic rings. The van der Waals surface area contributed by atoms with Gasteiger partial charge in [-0.1, -0.05) is 25.1 Å². The van der Waals surface area contributed by atoms with Crippen LogP contribution in [0.2, 0.25) is 0 Å². The van der Waals surface area contributed by atoms with Gasteiger partial charge in [0.2, 0.25) is 0 Å². The van der Waals surface area contributed by atoms with Gasteiger partial charge in [0.15, 0.2) is 0 Å². The molecule has 72 valence electrons. The van der Waals surface area contributed by atoms with Crippen molar-refractivity contribution < 1.29 is 5.11 Å². The van der Waals surface area contributed by atoms with E-state index in [0.29, 0.717) is 5.75 Å². The zero-order chi connectivity index (χ0) is 10.1. The van der Waals surface area contributed by atoms with Gasteiger partial charge in [-0.15, -0.1) is 0 Å². The van der Waals surface area contributed by atoms with Crippen LogP contribution in [0.15, 0.2) is 30.3 Å². The number of hydrogen-bond acceptors (Lipinski definition) is 1. The van der Waals surface area contributed by atoms with E-state index in [-0.39, 0.29) is 0 Å². The van der Waals surface area contributed by atoms with Crippen molar-refractivity contribution in [1.29, 1.82) is 0 Å². The van der Waals surface area contributed by atoms with Crippen LogP contribution in [0.4, 0.5) is 0 Å². The van der Waals surface area contributed by atoms with E-state index in [2.05, 4.69) is 26.0 Å². The van der Waals surface area contributed by atoms with E-state index in [1.165, 1.54) is 11.1 Å². The van der Waals surface area contributed by atoms with Gasteiger partial charge in [-0.3, -0.25) is 0 Å². The second-order valence-corrected chi connectivity index (χ2v) is 3.63. The van der Waals surface area contributed by atoms with Crippen LogP contribution in [0.5, 0.6) is 5.75 Å². The van der Waals surface area contributed by atoms with Crippen molar-refractivity contribution in [2.24, 2.45) is 0 Å². The Morgan fingerprint density at radius 2 is 2.00 bits per heavy atom. The zero-order valence-electron chi connectivity index (χ0n) is 8.54. The number of aryl methyl sites for hydroxylation is 2. The molecule has 1 N–H and O–H groups in total. The highest BCUT2D eigenvalue weighted by Crippen LogP contribution is 2.27. The minimum absolute atomic E-state index is 0.369. The fraction of sp³-hybridized carbons (Fsp3) is 0.231. The third kappa shape index (κ3) is 1.35. The summed E-state index contributed by atoms with van der Waals surface area (Å²) >= 11 is 0. The van der Waals surface area contributed by atoms with Gasteiger partial charge in [-0.05, 0) is 42.0 Å². The average molecular weight is 186 g/mol. The SMILES string of the molecule is CCc1cc2cccc(O)c2cc1C. The topological polar surface area (TPSA) is 20.2 Å². The molecule has 1 heteroatoms. The summed E-state index contributed by atoms with van der Waals surface area (Å²) in [7, 11) is 0. The molecule has 0 spiro atoms. The van der Waals surface area contributed by atoms with Crippen molar-refractivity contribution in [3.63, 3.8) is 0 Å². The predicted octanol–water partition coefficient (Wildman–Crippen LogP) is 3.42. The molecule has 0 saturated carbocycles. The monoisotopic (exact) mass is 186 g/mol. The van der Waals surface area contributed by atoms with Gasteiger partial charge in [0, 0.05) is 5.39 Å². The summed E-state index contributed by atoms with van der Waals surface area (Å²) in [6, 6.07) is 9.86. The minimum atomic E-state index is 0.369. The smallest absolute Gasteiger partial charge is 0.123 e. The van der Waals surface area contributed by atoms with Gasteiger partial charge in [0.05, 0.1) is 0 Å². The molecular weight excluding hydrogens is 172 g/mol. The molecule has 0 unspecified atom stereocenters. The van der Waals surface area contributed by atoms with Gasteiger partial charge < -0.3 is 5.11 Å². The van der Waals surface area contributed by atoms with Crippen LogP contribution in [0.1, 0.15) is 18.1 Å². The van der Waals surface area contributed by atoms with Gasteiger partial charge in [0.1, 0.15) is 5.75 Å². The fourth-order valence-corrected chi connectivity index (χ4v) is 1.85. The van der Waals surface area contributed by atoms with E-state index in [9.17, 15) is 5.11 Å². The Balaban J connectivity index is 2.79. The minimum Gasteiger partial charge on any atom is -0.507 e. The van der Waals surface area contributed by atoms with Crippen LogP contribution in [-0.2, 0) is 6.42 Å². The maximum atomic E-state index is 9.66.